The molecule has 9 heteroatoms. The molecule has 0 saturated carbocycles. The maximum absolute atomic E-state index is 6.11. The van der Waals surface area contributed by atoms with Crippen molar-refractivity contribution in [2.75, 3.05) is 0 Å². The summed E-state index contributed by atoms with van der Waals surface area (Å²) in [5, 5.41) is 14.6. The predicted octanol–water partition coefficient (Wildman–Crippen LogP) is 4.44. The van der Waals surface area contributed by atoms with Crippen LogP contribution in [0.1, 0.15) is 11.5 Å². The molecule has 4 rings (SSSR count). The van der Waals surface area contributed by atoms with Crippen molar-refractivity contribution in [1.82, 2.24) is 24.8 Å². The average molecular weight is 392 g/mol. The molecular weight excluding hydrogens is 381 g/mol. The fourth-order valence-electron chi connectivity index (χ4n) is 2.19. The molecule has 0 unspecified atom stereocenters. The Labute approximate surface area is 157 Å². The minimum absolute atomic E-state index is 0.192. The summed E-state index contributed by atoms with van der Waals surface area (Å²) in [6.07, 6.45) is 1.80. The molecule has 0 aliphatic rings. The van der Waals surface area contributed by atoms with E-state index >= 15 is 0 Å². The second kappa shape index (κ2) is 6.59. The number of rotatable bonds is 4. The Bertz CT molecular complexity index is 1040. The highest BCUT2D eigenvalue weighted by molar-refractivity contribution is 7.19. The zero-order valence-electron chi connectivity index (χ0n) is 13.0. The Morgan fingerprint density at radius 1 is 1.16 bits per heavy atom. The Kier molecular flexibility index (Phi) is 4.29. The number of hydrogen-bond donors (Lipinski definition) is 0. The van der Waals surface area contributed by atoms with Crippen molar-refractivity contribution < 1.29 is 4.74 Å². The summed E-state index contributed by atoms with van der Waals surface area (Å²) in [6, 6.07) is 8.99. The number of pyridine rings is 1. The van der Waals surface area contributed by atoms with Gasteiger partial charge in [0, 0.05) is 22.5 Å². The van der Waals surface area contributed by atoms with Crippen molar-refractivity contribution in [3.05, 3.63) is 58.1 Å². The lowest BCUT2D eigenvalue weighted by atomic mass is 10.3. The third-order valence-corrected chi connectivity index (χ3v) is 4.94. The van der Waals surface area contributed by atoms with E-state index in [9.17, 15) is 0 Å². The maximum atomic E-state index is 6.11. The van der Waals surface area contributed by atoms with Crippen molar-refractivity contribution in [1.29, 1.82) is 0 Å². The Hall–Kier alpha value is -2.22. The van der Waals surface area contributed by atoms with Gasteiger partial charge in [-0.15, -0.1) is 10.2 Å². The van der Waals surface area contributed by atoms with Gasteiger partial charge in [-0.3, -0.25) is 4.98 Å². The van der Waals surface area contributed by atoms with Gasteiger partial charge in [-0.2, -0.15) is 9.61 Å². The van der Waals surface area contributed by atoms with Crippen molar-refractivity contribution in [2.45, 2.75) is 13.5 Å². The molecule has 0 spiro atoms. The van der Waals surface area contributed by atoms with Crippen LogP contribution in [0.25, 0.3) is 15.5 Å². The van der Waals surface area contributed by atoms with Gasteiger partial charge >= 0.3 is 0 Å². The van der Waals surface area contributed by atoms with Gasteiger partial charge in [0.1, 0.15) is 17.4 Å². The van der Waals surface area contributed by atoms with Gasteiger partial charge in [-0.1, -0.05) is 34.5 Å². The highest BCUT2D eigenvalue weighted by atomic mass is 35.5. The molecule has 3 heterocycles. The summed E-state index contributed by atoms with van der Waals surface area (Å²) in [6.45, 7) is 2.14. The van der Waals surface area contributed by atoms with Gasteiger partial charge in [-0.25, -0.2) is 0 Å². The first-order valence-corrected chi connectivity index (χ1v) is 8.89. The molecule has 0 saturated heterocycles. The van der Waals surface area contributed by atoms with Crippen LogP contribution >= 0.6 is 34.5 Å². The molecule has 3 aromatic heterocycles. The number of aromatic nitrogens is 5. The molecule has 0 atom stereocenters. The summed E-state index contributed by atoms with van der Waals surface area (Å²) in [5.74, 6) is 1.12. The monoisotopic (exact) mass is 391 g/mol. The van der Waals surface area contributed by atoms with E-state index in [0.717, 1.165) is 16.3 Å². The molecule has 0 bridgehead atoms. The van der Waals surface area contributed by atoms with Crippen molar-refractivity contribution in [3.63, 3.8) is 0 Å². The number of aryl methyl sites for hydroxylation is 1. The summed E-state index contributed by atoms with van der Waals surface area (Å²) < 4.78 is 7.38. The first kappa shape index (κ1) is 16.3. The maximum Gasteiger partial charge on any atom is 0.235 e. The lowest BCUT2D eigenvalue weighted by Crippen LogP contribution is -2.02. The van der Waals surface area contributed by atoms with E-state index in [1.54, 1.807) is 28.9 Å². The zero-order chi connectivity index (χ0) is 17.4. The highest BCUT2D eigenvalue weighted by Gasteiger charge is 2.14. The number of fused-ring (bicyclic) bond motifs is 1. The smallest absolute Gasteiger partial charge is 0.235 e. The van der Waals surface area contributed by atoms with Gasteiger partial charge in [0.05, 0.1) is 5.02 Å². The molecule has 25 heavy (non-hydrogen) atoms. The predicted molar refractivity (Wildman–Crippen MR) is 97.4 cm³/mol. The van der Waals surface area contributed by atoms with E-state index in [1.807, 2.05) is 19.1 Å². The number of halogens is 2. The minimum atomic E-state index is 0.192. The molecule has 0 fully saturated rings. The molecule has 0 aliphatic heterocycles. The molecule has 4 aromatic rings. The quantitative estimate of drug-likeness (QED) is 0.514. The summed E-state index contributed by atoms with van der Waals surface area (Å²) >= 11 is 13.4. The summed E-state index contributed by atoms with van der Waals surface area (Å²) in [4.78, 5) is 4.99. The van der Waals surface area contributed by atoms with E-state index in [1.165, 1.54) is 11.3 Å². The number of ether oxygens (including phenoxy) is 1. The lowest BCUT2D eigenvalue weighted by Gasteiger charge is -2.06. The van der Waals surface area contributed by atoms with Crippen molar-refractivity contribution in [3.8, 4) is 16.3 Å². The van der Waals surface area contributed by atoms with Crippen LogP contribution in [-0.4, -0.2) is 24.8 Å². The standard InChI is InChI=1S/C16H11Cl2N5OS/c1-9-2-3-10(7-19-9)15-22-23-14(20-21-16(23)25-15)8-24-13-5-4-11(17)6-12(13)18/h2-7H,8H2,1H3. The largest absolute Gasteiger partial charge is 0.484 e. The molecule has 0 aliphatic carbocycles. The normalized spacial score (nSPS) is 11.2. The topological polar surface area (TPSA) is 65.2 Å². The van der Waals surface area contributed by atoms with E-state index in [4.69, 9.17) is 27.9 Å². The minimum Gasteiger partial charge on any atom is -0.484 e. The molecule has 126 valence electrons. The third kappa shape index (κ3) is 3.30. The van der Waals surface area contributed by atoms with Crippen LogP contribution in [0.4, 0.5) is 0 Å². The van der Waals surface area contributed by atoms with Crippen LogP contribution in [0.2, 0.25) is 10.0 Å². The second-order valence-electron chi connectivity index (χ2n) is 5.27. The summed E-state index contributed by atoms with van der Waals surface area (Å²) in [7, 11) is 0. The molecule has 6 nitrogen and oxygen atoms in total. The molecule has 0 radical (unpaired) electrons. The van der Waals surface area contributed by atoms with Gasteiger partial charge < -0.3 is 4.74 Å². The third-order valence-electron chi connectivity index (χ3n) is 3.46. The van der Waals surface area contributed by atoms with E-state index in [-0.39, 0.29) is 6.61 Å². The van der Waals surface area contributed by atoms with Crippen LogP contribution in [0.5, 0.6) is 5.75 Å². The Balaban J connectivity index is 1.59. The first-order valence-electron chi connectivity index (χ1n) is 7.32. The number of benzene rings is 1. The Morgan fingerprint density at radius 2 is 2.04 bits per heavy atom. The fraction of sp³-hybridized carbons (Fsp3) is 0.125. The van der Waals surface area contributed by atoms with Crippen LogP contribution in [0.3, 0.4) is 0 Å². The Morgan fingerprint density at radius 3 is 2.80 bits per heavy atom. The number of nitrogens with zero attached hydrogens (tertiary/aromatic N) is 5. The van der Waals surface area contributed by atoms with Gasteiger partial charge in [0.25, 0.3) is 0 Å². The van der Waals surface area contributed by atoms with Crippen LogP contribution in [-0.2, 0) is 6.61 Å². The van der Waals surface area contributed by atoms with Gasteiger partial charge in [-0.05, 0) is 37.3 Å². The van der Waals surface area contributed by atoms with Crippen molar-refractivity contribution >= 4 is 39.5 Å². The van der Waals surface area contributed by atoms with E-state index in [0.29, 0.717) is 26.6 Å². The van der Waals surface area contributed by atoms with Crippen LogP contribution in [0.15, 0.2) is 36.5 Å². The molecule has 1 aromatic carbocycles. The molecule has 0 amide bonds. The SMILES string of the molecule is Cc1ccc(-c2nn3c(COc4ccc(Cl)cc4Cl)nnc3s2)cn1. The fourth-order valence-corrected chi connectivity index (χ4v) is 3.50. The van der Waals surface area contributed by atoms with Gasteiger partial charge in [0.15, 0.2) is 5.82 Å². The van der Waals surface area contributed by atoms with Crippen LogP contribution < -0.4 is 4.74 Å². The van der Waals surface area contributed by atoms with E-state index in [2.05, 4.69) is 20.3 Å². The lowest BCUT2D eigenvalue weighted by molar-refractivity contribution is 0.293. The van der Waals surface area contributed by atoms with Crippen molar-refractivity contribution in [2.24, 2.45) is 0 Å². The molecule has 0 N–H and O–H groups in total. The highest BCUT2D eigenvalue weighted by Crippen LogP contribution is 2.29. The first-order chi connectivity index (χ1) is 12.1. The second-order valence-corrected chi connectivity index (χ2v) is 7.07. The average Bonchev–Trinajstić information content (AvgIpc) is 3.16. The number of hydrogen-bond acceptors (Lipinski definition) is 6. The van der Waals surface area contributed by atoms with Crippen LogP contribution in [0, 0.1) is 6.92 Å². The zero-order valence-corrected chi connectivity index (χ0v) is 15.3. The summed E-state index contributed by atoms with van der Waals surface area (Å²) in [5.41, 5.74) is 1.90. The molecular formula is C16H11Cl2N5OS. The van der Waals surface area contributed by atoms with E-state index < -0.39 is 0 Å². The van der Waals surface area contributed by atoms with Gasteiger partial charge in [0.2, 0.25) is 4.96 Å².